The van der Waals surface area contributed by atoms with Gasteiger partial charge in [-0.1, -0.05) is 54.6 Å². The molecule has 4 aromatic rings. The zero-order valence-electron chi connectivity index (χ0n) is 19.6. The lowest BCUT2D eigenvalue weighted by atomic mass is 10.1. The Hall–Kier alpha value is -4.53. The van der Waals surface area contributed by atoms with Crippen molar-refractivity contribution in [2.24, 2.45) is 5.10 Å². The Morgan fingerprint density at radius 2 is 1.91 bits per heavy atom. The van der Waals surface area contributed by atoms with Gasteiger partial charge in [-0.3, -0.25) is 19.6 Å². The van der Waals surface area contributed by atoms with Crippen LogP contribution in [0.5, 0.6) is 5.75 Å². The lowest BCUT2D eigenvalue weighted by Crippen LogP contribution is -2.28. The summed E-state index contributed by atoms with van der Waals surface area (Å²) in [5.74, 6) is 0.238. The van der Waals surface area contributed by atoms with E-state index in [-0.39, 0.29) is 11.4 Å². The summed E-state index contributed by atoms with van der Waals surface area (Å²) in [7, 11) is 0. The molecule has 0 bridgehead atoms. The second-order valence-electron chi connectivity index (χ2n) is 8.13. The van der Waals surface area contributed by atoms with Crippen LogP contribution in [0.4, 0.5) is 5.69 Å². The van der Waals surface area contributed by atoms with Gasteiger partial charge < -0.3 is 4.74 Å². The molecule has 0 aliphatic rings. The summed E-state index contributed by atoms with van der Waals surface area (Å²) in [5, 5.41) is 21.7. The Labute approximate surface area is 202 Å². The number of ether oxygens (including phenoxy) is 1. The quantitative estimate of drug-likeness (QED) is 0.224. The van der Waals surface area contributed by atoms with Crippen molar-refractivity contribution < 1.29 is 14.5 Å². The number of carbonyl (C=O) groups excluding carboxylic acids is 1. The van der Waals surface area contributed by atoms with Gasteiger partial charge in [0.05, 0.1) is 11.1 Å². The minimum Gasteiger partial charge on any atom is -0.489 e. The van der Waals surface area contributed by atoms with E-state index in [4.69, 9.17) is 4.74 Å². The van der Waals surface area contributed by atoms with Crippen LogP contribution in [0.25, 0.3) is 10.8 Å². The molecule has 1 atom stereocenters. The van der Waals surface area contributed by atoms with Crippen LogP contribution in [0.2, 0.25) is 0 Å². The fourth-order valence-corrected chi connectivity index (χ4v) is 3.93. The number of nitrogens with one attached hydrogen (secondary N) is 1. The number of nitro groups is 1. The molecule has 1 amide bonds. The first kappa shape index (κ1) is 23.6. The van der Waals surface area contributed by atoms with E-state index in [1.807, 2.05) is 48.5 Å². The van der Waals surface area contributed by atoms with Crippen LogP contribution in [0.1, 0.15) is 35.5 Å². The molecule has 3 aromatic carbocycles. The highest BCUT2D eigenvalue weighted by Crippen LogP contribution is 2.25. The largest absolute Gasteiger partial charge is 0.489 e. The summed E-state index contributed by atoms with van der Waals surface area (Å²) in [6.45, 7) is 5.13. The molecule has 35 heavy (non-hydrogen) atoms. The number of carbonyl (C=O) groups is 1. The third kappa shape index (κ3) is 5.19. The predicted octanol–water partition coefficient (Wildman–Crippen LogP) is 4.85. The summed E-state index contributed by atoms with van der Waals surface area (Å²) in [6.07, 6.45) is 1.51. The van der Waals surface area contributed by atoms with E-state index >= 15 is 0 Å². The second kappa shape index (κ2) is 10.2. The van der Waals surface area contributed by atoms with E-state index < -0.39 is 16.9 Å². The van der Waals surface area contributed by atoms with E-state index in [0.29, 0.717) is 18.1 Å². The van der Waals surface area contributed by atoms with E-state index in [2.05, 4.69) is 33.8 Å². The maximum atomic E-state index is 12.5. The zero-order valence-corrected chi connectivity index (χ0v) is 19.6. The highest BCUT2D eigenvalue weighted by molar-refractivity contribution is 5.86. The maximum Gasteiger partial charge on any atom is 0.312 e. The fraction of sp³-hybridized carbons (Fsp3) is 0.192. The van der Waals surface area contributed by atoms with E-state index in [9.17, 15) is 14.9 Å². The number of nitrogens with zero attached hydrogens (tertiary/aromatic N) is 4. The Bertz CT molecular complexity index is 1420. The number of hydrogen-bond acceptors (Lipinski definition) is 6. The molecule has 0 saturated heterocycles. The number of hydrogen-bond donors (Lipinski definition) is 1. The standard InChI is InChI=1S/C26H25N5O4/c1-17-25(31(33)34)18(2)30(29-17)19(3)26(32)28-27-15-20-8-6-12-23(14-20)35-16-22-11-7-10-21-9-4-5-13-24(21)22/h4-15,19H,16H2,1-3H3,(H,28,32). The van der Waals surface area contributed by atoms with Gasteiger partial charge in [0.1, 0.15) is 29.8 Å². The van der Waals surface area contributed by atoms with Gasteiger partial charge in [-0.25, -0.2) is 5.43 Å². The normalized spacial score (nSPS) is 12.1. The third-order valence-electron chi connectivity index (χ3n) is 5.74. The molecule has 1 N–H and O–H groups in total. The van der Waals surface area contributed by atoms with Crippen molar-refractivity contribution in [1.29, 1.82) is 0 Å². The third-order valence-corrected chi connectivity index (χ3v) is 5.74. The number of aryl methyl sites for hydroxylation is 1. The number of aromatic nitrogens is 2. The van der Waals surface area contributed by atoms with Crippen LogP contribution in [0.15, 0.2) is 71.8 Å². The lowest BCUT2D eigenvalue weighted by molar-refractivity contribution is -0.386. The topological polar surface area (TPSA) is 112 Å². The van der Waals surface area contributed by atoms with Gasteiger partial charge in [0.2, 0.25) is 0 Å². The summed E-state index contributed by atoms with van der Waals surface area (Å²) in [5.41, 5.74) is 4.79. The maximum absolute atomic E-state index is 12.5. The number of rotatable bonds is 8. The van der Waals surface area contributed by atoms with Gasteiger partial charge >= 0.3 is 5.69 Å². The highest BCUT2D eigenvalue weighted by atomic mass is 16.6. The van der Waals surface area contributed by atoms with Crippen molar-refractivity contribution in [3.8, 4) is 5.75 Å². The van der Waals surface area contributed by atoms with Crippen molar-refractivity contribution in [2.45, 2.75) is 33.4 Å². The molecule has 0 aliphatic heterocycles. The van der Waals surface area contributed by atoms with Gasteiger partial charge in [0.15, 0.2) is 0 Å². The minimum atomic E-state index is -0.769. The second-order valence-corrected chi connectivity index (χ2v) is 8.13. The average molecular weight is 472 g/mol. The van der Waals surface area contributed by atoms with E-state index in [1.165, 1.54) is 10.9 Å². The van der Waals surface area contributed by atoms with Crippen molar-refractivity contribution in [3.05, 3.63) is 99.4 Å². The molecule has 9 heteroatoms. The van der Waals surface area contributed by atoms with Crippen molar-refractivity contribution in [3.63, 3.8) is 0 Å². The Kier molecular flexibility index (Phi) is 6.86. The SMILES string of the molecule is Cc1nn(C(C)C(=O)NN=Cc2cccc(OCc3cccc4ccccc34)c2)c(C)c1[N+](=O)[O-]. The smallest absolute Gasteiger partial charge is 0.312 e. The number of benzene rings is 3. The van der Waals surface area contributed by atoms with Crippen molar-refractivity contribution in [2.75, 3.05) is 0 Å². The van der Waals surface area contributed by atoms with Crippen molar-refractivity contribution >= 4 is 28.6 Å². The molecule has 178 valence electrons. The van der Waals surface area contributed by atoms with Gasteiger partial charge in [0, 0.05) is 0 Å². The fourth-order valence-electron chi connectivity index (χ4n) is 3.93. The summed E-state index contributed by atoms with van der Waals surface area (Å²) in [4.78, 5) is 23.2. The first-order valence-corrected chi connectivity index (χ1v) is 11.1. The molecule has 0 fully saturated rings. The molecular weight excluding hydrogens is 446 g/mol. The van der Waals surface area contributed by atoms with Gasteiger partial charge in [0.25, 0.3) is 5.91 Å². The lowest BCUT2D eigenvalue weighted by Gasteiger charge is -2.11. The van der Waals surface area contributed by atoms with Crippen LogP contribution >= 0.6 is 0 Å². The van der Waals surface area contributed by atoms with Crippen LogP contribution in [-0.4, -0.2) is 26.8 Å². The minimum absolute atomic E-state index is 0.0894. The zero-order chi connectivity index (χ0) is 24.9. The first-order chi connectivity index (χ1) is 16.8. The highest BCUT2D eigenvalue weighted by Gasteiger charge is 2.26. The molecule has 0 aliphatic carbocycles. The van der Waals surface area contributed by atoms with E-state index in [0.717, 1.165) is 21.9 Å². The van der Waals surface area contributed by atoms with Gasteiger partial charge in [-0.05, 0) is 54.8 Å². The number of amides is 1. The Balaban J connectivity index is 1.39. The first-order valence-electron chi connectivity index (χ1n) is 11.1. The summed E-state index contributed by atoms with van der Waals surface area (Å²) < 4.78 is 7.33. The average Bonchev–Trinajstić information content (AvgIpc) is 3.16. The molecule has 0 saturated carbocycles. The number of fused-ring (bicyclic) bond motifs is 1. The molecule has 0 radical (unpaired) electrons. The molecular formula is C26H25N5O4. The molecule has 1 aromatic heterocycles. The Morgan fingerprint density at radius 3 is 2.69 bits per heavy atom. The van der Waals surface area contributed by atoms with Crippen LogP contribution in [-0.2, 0) is 11.4 Å². The molecule has 1 unspecified atom stereocenters. The number of hydrazone groups is 1. The molecule has 0 spiro atoms. The molecule has 4 rings (SSSR count). The van der Waals surface area contributed by atoms with Gasteiger partial charge in [-0.2, -0.15) is 10.2 Å². The predicted molar refractivity (Wildman–Crippen MR) is 134 cm³/mol. The molecule has 1 heterocycles. The van der Waals surface area contributed by atoms with Gasteiger partial charge in [-0.15, -0.1) is 0 Å². The van der Waals surface area contributed by atoms with Crippen LogP contribution in [0, 0.1) is 24.0 Å². The summed E-state index contributed by atoms with van der Waals surface area (Å²) in [6, 6.07) is 20.9. The van der Waals surface area contributed by atoms with Crippen LogP contribution in [0.3, 0.4) is 0 Å². The summed E-state index contributed by atoms with van der Waals surface area (Å²) >= 11 is 0. The Morgan fingerprint density at radius 1 is 1.17 bits per heavy atom. The van der Waals surface area contributed by atoms with Crippen LogP contribution < -0.4 is 10.2 Å². The van der Waals surface area contributed by atoms with Crippen molar-refractivity contribution in [1.82, 2.24) is 15.2 Å². The van der Waals surface area contributed by atoms with E-state index in [1.54, 1.807) is 20.8 Å². The monoisotopic (exact) mass is 471 g/mol. The molecule has 9 nitrogen and oxygen atoms in total.